The molecule has 94 valence electrons. The Morgan fingerprint density at radius 1 is 1.00 bits per heavy atom. The zero-order chi connectivity index (χ0) is 13.0. The predicted octanol–water partition coefficient (Wildman–Crippen LogP) is 4.11. The van der Waals surface area contributed by atoms with Gasteiger partial charge in [0.2, 0.25) is 0 Å². The van der Waals surface area contributed by atoms with Crippen LogP contribution < -0.4 is 0 Å². The molecule has 0 unspecified atom stereocenters. The van der Waals surface area contributed by atoms with Gasteiger partial charge in [0, 0.05) is 23.7 Å². The van der Waals surface area contributed by atoms with E-state index < -0.39 is 0 Å². The smallest absolute Gasteiger partial charge is 0.127 e. The minimum Gasteiger partial charge on any atom is -0.298 e. The highest BCUT2D eigenvalue weighted by molar-refractivity contribution is 6.30. The van der Waals surface area contributed by atoms with Gasteiger partial charge in [-0.05, 0) is 30.8 Å². The molecule has 0 amide bonds. The highest BCUT2D eigenvalue weighted by Crippen LogP contribution is 2.13. The average molecular weight is 264 g/mol. The maximum absolute atomic E-state index is 13.5. The summed E-state index contributed by atoms with van der Waals surface area (Å²) in [6, 6.07) is 14.6. The van der Waals surface area contributed by atoms with E-state index in [9.17, 15) is 4.39 Å². The van der Waals surface area contributed by atoms with Crippen molar-refractivity contribution >= 4 is 11.6 Å². The van der Waals surface area contributed by atoms with Crippen molar-refractivity contribution in [2.45, 2.75) is 13.1 Å². The van der Waals surface area contributed by atoms with Gasteiger partial charge in [-0.15, -0.1) is 0 Å². The molecule has 0 heterocycles. The molecule has 2 aromatic carbocycles. The zero-order valence-electron chi connectivity index (χ0n) is 10.2. The lowest BCUT2D eigenvalue weighted by atomic mass is 10.1. The van der Waals surface area contributed by atoms with Crippen LogP contribution in [0.4, 0.5) is 4.39 Å². The van der Waals surface area contributed by atoms with Crippen LogP contribution in [0.15, 0.2) is 48.5 Å². The average Bonchev–Trinajstić information content (AvgIpc) is 2.35. The first kappa shape index (κ1) is 13.1. The second-order valence-electron chi connectivity index (χ2n) is 4.39. The molecule has 2 rings (SSSR count). The monoisotopic (exact) mass is 263 g/mol. The molecule has 0 aliphatic heterocycles. The second kappa shape index (κ2) is 5.98. The Hall–Kier alpha value is -1.38. The summed E-state index contributed by atoms with van der Waals surface area (Å²) in [5, 5.41) is 0.732. The van der Waals surface area contributed by atoms with Gasteiger partial charge in [-0.25, -0.2) is 4.39 Å². The van der Waals surface area contributed by atoms with E-state index in [1.54, 1.807) is 6.07 Å². The summed E-state index contributed by atoms with van der Waals surface area (Å²) in [7, 11) is 1.97. The van der Waals surface area contributed by atoms with Gasteiger partial charge in [0.05, 0.1) is 0 Å². The van der Waals surface area contributed by atoms with Gasteiger partial charge in [0.15, 0.2) is 0 Å². The van der Waals surface area contributed by atoms with Crippen LogP contribution in [0, 0.1) is 5.82 Å². The molecule has 1 nitrogen and oxygen atoms in total. The fourth-order valence-corrected chi connectivity index (χ4v) is 2.00. The summed E-state index contributed by atoms with van der Waals surface area (Å²) in [5.74, 6) is -0.152. The standard InChI is InChI=1S/C15H15ClFN/c1-18(10-12-6-8-14(16)9-7-12)11-13-4-2-3-5-15(13)17/h2-9H,10-11H2,1H3. The van der Waals surface area contributed by atoms with Crippen molar-refractivity contribution in [2.24, 2.45) is 0 Å². The number of hydrogen-bond acceptors (Lipinski definition) is 1. The van der Waals surface area contributed by atoms with Crippen molar-refractivity contribution in [2.75, 3.05) is 7.05 Å². The third kappa shape index (κ3) is 3.56. The number of rotatable bonds is 4. The molecular weight excluding hydrogens is 249 g/mol. The first-order valence-corrected chi connectivity index (χ1v) is 6.19. The summed E-state index contributed by atoms with van der Waals surface area (Å²) in [4.78, 5) is 2.07. The number of nitrogens with zero attached hydrogens (tertiary/aromatic N) is 1. The van der Waals surface area contributed by atoms with Crippen LogP contribution in [0.2, 0.25) is 5.02 Å². The predicted molar refractivity (Wildman–Crippen MR) is 73.0 cm³/mol. The van der Waals surface area contributed by atoms with Crippen molar-refractivity contribution in [1.82, 2.24) is 4.90 Å². The van der Waals surface area contributed by atoms with Gasteiger partial charge in [-0.2, -0.15) is 0 Å². The van der Waals surface area contributed by atoms with E-state index >= 15 is 0 Å². The van der Waals surface area contributed by atoms with E-state index in [1.807, 2.05) is 43.4 Å². The van der Waals surface area contributed by atoms with Gasteiger partial charge in [-0.1, -0.05) is 41.9 Å². The topological polar surface area (TPSA) is 3.24 Å². The van der Waals surface area contributed by atoms with Crippen molar-refractivity contribution < 1.29 is 4.39 Å². The SMILES string of the molecule is CN(Cc1ccc(Cl)cc1)Cc1ccccc1F. The minimum atomic E-state index is -0.152. The Bertz CT molecular complexity index is 510. The van der Waals surface area contributed by atoms with Crippen LogP contribution >= 0.6 is 11.6 Å². The largest absolute Gasteiger partial charge is 0.298 e. The van der Waals surface area contributed by atoms with E-state index in [0.29, 0.717) is 12.1 Å². The molecule has 3 heteroatoms. The summed E-state index contributed by atoms with van der Waals surface area (Å²) >= 11 is 5.84. The maximum atomic E-state index is 13.5. The summed E-state index contributed by atoms with van der Waals surface area (Å²) in [6.07, 6.45) is 0. The van der Waals surface area contributed by atoms with Gasteiger partial charge in [0.25, 0.3) is 0 Å². The van der Waals surface area contributed by atoms with E-state index in [4.69, 9.17) is 11.6 Å². The van der Waals surface area contributed by atoms with E-state index in [1.165, 1.54) is 11.6 Å². The molecule has 0 saturated carbocycles. The maximum Gasteiger partial charge on any atom is 0.127 e. The van der Waals surface area contributed by atoms with Crippen molar-refractivity contribution in [3.05, 3.63) is 70.5 Å². The summed E-state index contributed by atoms with van der Waals surface area (Å²) in [5.41, 5.74) is 1.88. The molecule has 0 atom stereocenters. The molecular formula is C15H15ClFN. The van der Waals surface area contributed by atoms with Gasteiger partial charge < -0.3 is 0 Å². The fraction of sp³-hybridized carbons (Fsp3) is 0.200. The molecule has 2 aromatic rings. The quantitative estimate of drug-likeness (QED) is 0.802. The third-order valence-corrected chi connectivity index (χ3v) is 3.02. The van der Waals surface area contributed by atoms with Crippen LogP contribution in [0.3, 0.4) is 0 Å². The Morgan fingerprint density at radius 2 is 1.67 bits per heavy atom. The summed E-state index contributed by atoms with van der Waals surface area (Å²) in [6.45, 7) is 1.36. The van der Waals surface area contributed by atoms with E-state index in [-0.39, 0.29) is 5.82 Å². The zero-order valence-corrected chi connectivity index (χ0v) is 11.0. The second-order valence-corrected chi connectivity index (χ2v) is 4.83. The van der Waals surface area contributed by atoms with Crippen LogP contribution in [0.5, 0.6) is 0 Å². The number of benzene rings is 2. The number of hydrogen-bond donors (Lipinski definition) is 0. The molecule has 0 N–H and O–H groups in total. The van der Waals surface area contributed by atoms with E-state index in [2.05, 4.69) is 4.90 Å². The molecule has 0 fully saturated rings. The van der Waals surface area contributed by atoms with Crippen LogP contribution in [-0.4, -0.2) is 11.9 Å². The van der Waals surface area contributed by atoms with Crippen molar-refractivity contribution in [3.63, 3.8) is 0 Å². The molecule has 0 saturated heterocycles. The molecule has 0 aliphatic rings. The number of halogens is 2. The Balaban J connectivity index is 1.99. The van der Waals surface area contributed by atoms with Gasteiger partial charge in [-0.3, -0.25) is 4.90 Å². The molecule has 0 spiro atoms. The normalized spacial score (nSPS) is 10.9. The van der Waals surface area contributed by atoms with Crippen LogP contribution in [0.1, 0.15) is 11.1 Å². The minimum absolute atomic E-state index is 0.152. The van der Waals surface area contributed by atoms with Gasteiger partial charge in [0.1, 0.15) is 5.82 Å². The third-order valence-electron chi connectivity index (χ3n) is 2.76. The van der Waals surface area contributed by atoms with Crippen molar-refractivity contribution in [3.8, 4) is 0 Å². The summed E-state index contributed by atoms with van der Waals surface area (Å²) < 4.78 is 13.5. The lowest BCUT2D eigenvalue weighted by molar-refractivity contribution is 0.313. The lowest BCUT2D eigenvalue weighted by Gasteiger charge is -2.17. The highest BCUT2D eigenvalue weighted by atomic mass is 35.5. The molecule has 18 heavy (non-hydrogen) atoms. The molecule has 0 aliphatic carbocycles. The Labute approximate surface area is 112 Å². The van der Waals surface area contributed by atoms with Crippen LogP contribution in [0.25, 0.3) is 0 Å². The molecule has 0 radical (unpaired) electrons. The fourth-order valence-electron chi connectivity index (χ4n) is 1.87. The van der Waals surface area contributed by atoms with Crippen LogP contribution in [-0.2, 0) is 13.1 Å². The van der Waals surface area contributed by atoms with Gasteiger partial charge >= 0.3 is 0 Å². The molecule has 0 bridgehead atoms. The Morgan fingerprint density at radius 3 is 2.33 bits per heavy atom. The Kier molecular flexibility index (Phi) is 4.34. The molecule has 0 aromatic heterocycles. The van der Waals surface area contributed by atoms with E-state index in [0.717, 1.165) is 11.6 Å². The first-order chi connectivity index (χ1) is 8.65. The first-order valence-electron chi connectivity index (χ1n) is 5.81. The highest BCUT2D eigenvalue weighted by Gasteiger charge is 2.05. The lowest BCUT2D eigenvalue weighted by Crippen LogP contribution is -2.17. The van der Waals surface area contributed by atoms with Crippen molar-refractivity contribution in [1.29, 1.82) is 0 Å².